The smallest absolute Gasteiger partial charge is 0.418 e. The number of nitrogens with zero attached hydrogens (tertiary/aromatic N) is 1. The van der Waals surface area contributed by atoms with E-state index in [4.69, 9.17) is 4.74 Å². The van der Waals surface area contributed by atoms with Gasteiger partial charge < -0.3 is 20.3 Å². The highest BCUT2D eigenvalue weighted by atomic mass is 16.6. The molecule has 0 saturated heterocycles. The van der Waals surface area contributed by atoms with E-state index in [0.717, 1.165) is 5.39 Å². The summed E-state index contributed by atoms with van der Waals surface area (Å²) >= 11 is 0. The number of hydrogen-bond acceptors (Lipinski definition) is 5. The van der Waals surface area contributed by atoms with E-state index >= 15 is 0 Å². The first kappa shape index (κ1) is 18.4. The molecule has 6 heteroatoms. The van der Waals surface area contributed by atoms with Crippen LogP contribution in [0.3, 0.4) is 0 Å². The third-order valence-corrected chi connectivity index (χ3v) is 3.70. The van der Waals surface area contributed by atoms with E-state index in [1.807, 2.05) is 20.8 Å². The fraction of sp³-hybridized carbons (Fsp3) is 0.500. The largest absolute Gasteiger partial charge is 0.443 e. The van der Waals surface area contributed by atoms with Gasteiger partial charge in [0.05, 0.1) is 11.6 Å². The summed E-state index contributed by atoms with van der Waals surface area (Å²) in [5, 5.41) is 24.0. The Hall–Kier alpha value is -1.89. The summed E-state index contributed by atoms with van der Waals surface area (Å²) in [5.74, 6) is 0. The number of carbonyl (C=O) groups is 1. The number of ether oxygens (including phenoxy) is 1. The Bertz CT molecular complexity index is 703. The lowest BCUT2D eigenvalue weighted by Crippen LogP contribution is -2.26. The van der Waals surface area contributed by atoms with Gasteiger partial charge in [-0.3, -0.25) is 4.57 Å². The fourth-order valence-corrected chi connectivity index (χ4v) is 2.49. The van der Waals surface area contributed by atoms with Gasteiger partial charge >= 0.3 is 6.09 Å². The van der Waals surface area contributed by atoms with Gasteiger partial charge in [0.25, 0.3) is 0 Å². The number of aliphatic hydroxyl groups is 2. The minimum atomic E-state index is -0.965. The predicted molar refractivity (Wildman–Crippen MR) is 93.1 cm³/mol. The minimum absolute atomic E-state index is 0.445. The normalized spacial score (nSPS) is 14.6. The molecule has 2 rings (SSSR count). The summed E-state index contributed by atoms with van der Waals surface area (Å²) in [6, 6.07) is 7.04. The zero-order chi connectivity index (χ0) is 17.9. The number of hydrogen-bond donors (Lipinski definition) is 3. The van der Waals surface area contributed by atoms with Gasteiger partial charge in [0.1, 0.15) is 11.7 Å². The molecule has 0 fully saturated rings. The zero-order valence-electron chi connectivity index (χ0n) is 14.6. The van der Waals surface area contributed by atoms with E-state index < -0.39 is 23.9 Å². The Morgan fingerprint density at radius 1 is 1.29 bits per heavy atom. The summed E-state index contributed by atoms with van der Waals surface area (Å²) < 4.78 is 6.82. The molecule has 0 aliphatic carbocycles. The van der Waals surface area contributed by atoms with Crippen LogP contribution in [0.2, 0.25) is 0 Å². The topological polar surface area (TPSA) is 83.7 Å². The standard InChI is InChI=1S/C18H26N2O4/c1-18(2,3)24-17(23)20-10-8-12-11-13(5-6-14(12)20)16(22)15(21)7-9-19-4/h5-6,8,10-11,15-16,19,21-22H,7,9H2,1-4H3. The summed E-state index contributed by atoms with van der Waals surface area (Å²) in [7, 11) is 1.80. The predicted octanol–water partition coefficient (Wildman–Crippen LogP) is 2.43. The molecular formula is C18H26N2O4. The maximum atomic E-state index is 12.2. The number of fused-ring (bicyclic) bond motifs is 1. The Morgan fingerprint density at radius 3 is 2.62 bits per heavy atom. The monoisotopic (exact) mass is 334 g/mol. The molecule has 2 atom stereocenters. The van der Waals surface area contributed by atoms with Gasteiger partial charge in [-0.15, -0.1) is 0 Å². The Balaban J connectivity index is 2.23. The van der Waals surface area contributed by atoms with E-state index in [1.165, 1.54) is 4.57 Å². The quantitative estimate of drug-likeness (QED) is 0.782. The number of carbonyl (C=O) groups excluding carboxylic acids is 1. The van der Waals surface area contributed by atoms with Crippen molar-refractivity contribution >= 4 is 17.0 Å². The molecule has 3 N–H and O–H groups in total. The lowest BCUT2D eigenvalue weighted by atomic mass is 10.0. The molecule has 1 heterocycles. The van der Waals surface area contributed by atoms with Gasteiger partial charge in [-0.1, -0.05) is 6.07 Å². The maximum Gasteiger partial charge on any atom is 0.418 e. The van der Waals surface area contributed by atoms with Crippen LogP contribution >= 0.6 is 0 Å². The van der Waals surface area contributed by atoms with Gasteiger partial charge in [-0.05, 0) is 64.5 Å². The van der Waals surface area contributed by atoms with E-state index in [1.54, 1.807) is 37.5 Å². The Morgan fingerprint density at radius 2 is 2.00 bits per heavy atom. The lowest BCUT2D eigenvalue weighted by Gasteiger charge is -2.20. The fourth-order valence-electron chi connectivity index (χ4n) is 2.49. The van der Waals surface area contributed by atoms with Crippen LogP contribution in [0.15, 0.2) is 30.5 Å². The summed E-state index contributed by atoms with van der Waals surface area (Å²) in [6.45, 7) is 6.07. The molecule has 6 nitrogen and oxygen atoms in total. The van der Waals surface area contributed by atoms with Crippen LogP contribution in [0, 0.1) is 0 Å². The van der Waals surface area contributed by atoms with Crippen molar-refractivity contribution in [3.05, 3.63) is 36.0 Å². The van der Waals surface area contributed by atoms with Gasteiger partial charge in [0.15, 0.2) is 0 Å². The van der Waals surface area contributed by atoms with Crippen LogP contribution in [0.1, 0.15) is 38.9 Å². The number of aromatic nitrogens is 1. The van der Waals surface area contributed by atoms with Crippen molar-refractivity contribution < 1.29 is 19.7 Å². The van der Waals surface area contributed by atoms with Crippen LogP contribution in [-0.2, 0) is 4.74 Å². The Kier molecular flexibility index (Phi) is 5.64. The van der Waals surface area contributed by atoms with E-state index in [0.29, 0.717) is 24.0 Å². The van der Waals surface area contributed by atoms with Crippen LogP contribution in [0.5, 0.6) is 0 Å². The zero-order valence-corrected chi connectivity index (χ0v) is 14.6. The third-order valence-electron chi connectivity index (χ3n) is 3.70. The summed E-state index contributed by atoms with van der Waals surface area (Å²) in [4.78, 5) is 12.2. The first-order valence-corrected chi connectivity index (χ1v) is 8.08. The maximum absolute atomic E-state index is 12.2. The minimum Gasteiger partial charge on any atom is -0.443 e. The molecule has 0 amide bonds. The second kappa shape index (κ2) is 7.34. The van der Waals surface area contributed by atoms with Crippen molar-refractivity contribution in [2.24, 2.45) is 0 Å². The number of benzene rings is 1. The molecule has 0 aliphatic heterocycles. The van der Waals surface area contributed by atoms with E-state index in [2.05, 4.69) is 5.32 Å². The molecule has 24 heavy (non-hydrogen) atoms. The van der Waals surface area contributed by atoms with Crippen molar-refractivity contribution in [1.29, 1.82) is 0 Å². The van der Waals surface area contributed by atoms with Crippen LogP contribution in [-0.4, -0.2) is 46.2 Å². The first-order valence-electron chi connectivity index (χ1n) is 8.08. The number of rotatable bonds is 5. The second-order valence-electron chi connectivity index (χ2n) is 6.89. The van der Waals surface area contributed by atoms with E-state index in [-0.39, 0.29) is 0 Å². The van der Waals surface area contributed by atoms with Crippen molar-refractivity contribution in [2.75, 3.05) is 13.6 Å². The van der Waals surface area contributed by atoms with Gasteiger partial charge in [0.2, 0.25) is 0 Å². The average molecular weight is 334 g/mol. The highest BCUT2D eigenvalue weighted by Crippen LogP contribution is 2.25. The molecule has 2 unspecified atom stereocenters. The van der Waals surface area contributed by atoms with Crippen molar-refractivity contribution in [3.63, 3.8) is 0 Å². The molecule has 2 aromatic rings. The Labute approximate surface area is 142 Å². The summed E-state index contributed by atoms with van der Waals surface area (Å²) in [5.41, 5.74) is 0.749. The first-order chi connectivity index (χ1) is 11.2. The molecule has 0 bridgehead atoms. The molecule has 0 aliphatic rings. The van der Waals surface area contributed by atoms with Crippen molar-refractivity contribution in [1.82, 2.24) is 9.88 Å². The van der Waals surface area contributed by atoms with Crippen LogP contribution < -0.4 is 5.32 Å². The van der Waals surface area contributed by atoms with Crippen LogP contribution in [0.25, 0.3) is 10.9 Å². The highest BCUT2D eigenvalue weighted by molar-refractivity contribution is 5.90. The highest BCUT2D eigenvalue weighted by Gasteiger charge is 2.21. The molecule has 0 saturated carbocycles. The summed E-state index contributed by atoms with van der Waals surface area (Å²) in [6.07, 6.45) is -0.156. The van der Waals surface area contributed by atoms with Gasteiger partial charge in [-0.2, -0.15) is 0 Å². The molecule has 0 radical (unpaired) electrons. The average Bonchev–Trinajstić information content (AvgIpc) is 2.93. The molecule has 132 valence electrons. The second-order valence-corrected chi connectivity index (χ2v) is 6.89. The van der Waals surface area contributed by atoms with Crippen LogP contribution in [0.4, 0.5) is 4.79 Å². The number of aliphatic hydroxyl groups excluding tert-OH is 2. The molecule has 0 spiro atoms. The number of nitrogens with one attached hydrogen (secondary N) is 1. The van der Waals surface area contributed by atoms with Crippen molar-refractivity contribution in [3.8, 4) is 0 Å². The SMILES string of the molecule is CNCCC(O)C(O)c1ccc2c(ccn2C(=O)OC(C)(C)C)c1. The molecular weight excluding hydrogens is 308 g/mol. The van der Waals surface area contributed by atoms with Gasteiger partial charge in [0, 0.05) is 11.6 Å². The molecule has 1 aromatic heterocycles. The lowest BCUT2D eigenvalue weighted by molar-refractivity contribution is 0.0141. The van der Waals surface area contributed by atoms with E-state index in [9.17, 15) is 15.0 Å². The third kappa shape index (κ3) is 4.35. The molecule has 1 aromatic carbocycles. The van der Waals surface area contributed by atoms with Crippen molar-refractivity contribution in [2.45, 2.75) is 45.0 Å². The van der Waals surface area contributed by atoms with Gasteiger partial charge in [-0.25, -0.2) is 4.79 Å².